The third-order valence-corrected chi connectivity index (χ3v) is 7.41. The molecule has 2 aromatic carbocycles. The van der Waals surface area contributed by atoms with Crippen LogP contribution in [0, 0.1) is 6.92 Å². The number of benzene rings is 2. The lowest BCUT2D eigenvalue weighted by Crippen LogP contribution is -2.45. The van der Waals surface area contributed by atoms with Crippen molar-refractivity contribution in [3.63, 3.8) is 0 Å². The second kappa shape index (κ2) is 9.15. The molecule has 0 saturated carbocycles. The number of allylic oxidation sites excluding steroid dienone is 1. The number of likely N-dealkylation sites (N-methyl/N-ethyl adjacent to an activating group) is 1. The highest BCUT2D eigenvalue weighted by Crippen LogP contribution is 2.41. The van der Waals surface area contributed by atoms with Crippen molar-refractivity contribution in [3.05, 3.63) is 82.1 Å². The lowest BCUT2D eigenvalue weighted by atomic mass is 9.76. The summed E-state index contributed by atoms with van der Waals surface area (Å²) in [7, 11) is 2.16. The summed E-state index contributed by atoms with van der Waals surface area (Å²) in [5.74, 6) is 0.363. The number of rotatable bonds is 5. The fraction of sp³-hybridized carbons (Fsp3) is 0.345. The van der Waals surface area contributed by atoms with Gasteiger partial charge in [-0.05, 0) is 50.7 Å². The first-order chi connectivity index (χ1) is 17.5. The van der Waals surface area contributed by atoms with Gasteiger partial charge in [0.1, 0.15) is 11.4 Å². The van der Waals surface area contributed by atoms with Crippen molar-refractivity contribution in [1.29, 1.82) is 0 Å². The van der Waals surface area contributed by atoms with Gasteiger partial charge in [0.15, 0.2) is 17.7 Å². The third-order valence-electron chi connectivity index (χ3n) is 7.41. The Hall–Kier alpha value is -3.55. The fourth-order valence-corrected chi connectivity index (χ4v) is 5.37. The molecule has 1 atom stereocenters. The smallest absolute Gasteiger partial charge is 0.196 e. The van der Waals surface area contributed by atoms with Crippen LogP contribution in [0.15, 0.2) is 70.4 Å². The molecule has 1 N–H and O–H groups in total. The second-order valence-corrected chi connectivity index (χ2v) is 9.97. The van der Waals surface area contributed by atoms with Crippen molar-refractivity contribution < 1.29 is 14.3 Å². The Kier molecular flexibility index (Phi) is 5.82. The summed E-state index contributed by atoms with van der Waals surface area (Å²) in [5.41, 5.74) is 4.55. The van der Waals surface area contributed by atoms with Crippen LogP contribution >= 0.6 is 0 Å². The average Bonchev–Trinajstić information content (AvgIpc) is 2.89. The number of carbonyl (C=O) groups is 2. The van der Waals surface area contributed by atoms with Crippen LogP contribution < -0.4 is 10.1 Å². The van der Waals surface area contributed by atoms with Crippen LogP contribution in [0.4, 0.5) is 5.69 Å². The van der Waals surface area contributed by atoms with Gasteiger partial charge >= 0.3 is 0 Å². The molecule has 1 fully saturated rings. The average molecular weight is 483 g/mol. The minimum absolute atomic E-state index is 0.144. The van der Waals surface area contributed by atoms with Crippen LogP contribution in [0.25, 0.3) is 0 Å². The van der Waals surface area contributed by atoms with E-state index in [4.69, 9.17) is 9.73 Å². The van der Waals surface area contributed by atoms with E-state index in [1.54, 1.807) is 24.3 Å². The normalized spacial score (nSPS) is 21.6. The van der Waals surface area contributed by atoms with E-state index in [0.717, 1.165) is 44.7 Å². The molecule has 2 heterocycles. The maximum atomic E-state index is 13.7. The molecular formula is C29H30N4O3. The zero-order chi connectivity index (χ0) is 24.8. The number of aryl methyl sites for hydroxylation is 1. The largest absolute Gasteiger partial charge is 0.478 e. The van der Waals surface area contributed by atoms with Crippen LogP contribution in [-0.4, -0.2) is 79.5 Å². The van der Waals surface area contributed by atoms with Gasteiger partial charge in [-0.25, -0.2) is 4.99 Å². The highest BCUT2D eigenvalue weighted by molar-refractivity contribution is 6.40. The van der Waals surface area contributed by atoms with E-state index < -0.39 is 6.10 Å². The summed E-state index contributed by atoms with van der Waals surface area (Å²) >= 11 is 0. The van der Waals surface area contributed by atoms with Crippen LogP contribution in [0.2, 0.25) is 0 Å². The van der Waals surface area contributed by atoms with Gasteiger partial charge in [-0.3, -0.25) is 9.59 Å². The Morgan fingerprint density at radius 1 is 1.00 bits per heavy atom. The highest BCUT2D eigenvalue weighted by atomic mass is 16.5. The molecule has 0 aromatic heterocycles. The Morgan fingerprint density at radius 3 is 2.47 bits per heavy atom. The van der Waals surface area contributed by atoms with Gasteiger partial charge in [0.05, 0.1) is 16.9 Å². The lowest BCUT2D eigenvalue weighted by molar-refractivity contribution is 0.0978. The molecule has 0 amide bonds. The summed E-state index contributed by atoms with van der Waals surface area (Å²) < 4.78 is 6.30. The second-order valence-electron chi connectivity index (χ2n) is 9.97. The molecule has 7 heteroatoms. The Labute approximate surface area is 211 Å². The number of ether oxygens (including phenoxy) is 1. The number of aliphatic imine (C=N–C) groups is 1. The number of hydrogen-bond donors (Lipinski definition) is 1. The van der Waals surface area contributed by atoms with Crippen molar-refractivity contribution in [2.75, 3.05) is 46.3 Å². The Balaban J connectivity index is 1.32. The third kappa shape index (κ3) is 3.98. The molecule has 2 aromatic rings. The van der Waals surface area contributed by atoms with E-state index in [1.165, 1.54) is 0 Å². The van der Waals surface area contributed by atoms with E-state index in [-0.39, 0.29) is 11.6 Å². The van der Waals surface area contributed by atoms with Crippen LogP contribution in [0.3, 0.4) is 0 Å². The molecule has 2 aliphatic heterocycles. The van der Waals surface area contributed by atoms with Crippen LogP contribution in [-0.2, 0) is 0 Å². The number of hydrogen-bond acceptors (Lipinski definition) is 7. The van der Waals surface area contributed by atoms with Gasteiger partial charge in [0.25, 0.3) is 0 Å². The van der Waals surface area contributed by atoms with E-state index in [9.17, 15) is 9.59 Å². The van der Waals surface area contributed by atoms with Crippen molar-refractivity contribution in [2.45, 2.75) is 19.4 Å². The molecule has 7 nitrogen and oxygen atoms in total. The maximum absolute atomic E-state index is 13.7. The number of ketones is 2. The van der Waals surface area contributed by atoms with E-state index in [2.05, 4.69) is 22.2 Å². The zero-order valence-electron chi connectivity index (χ0n) is 20.7. The minimum Gasteiger partial charge on any atom is -0.478 e. The number of fused-ring (bicyclic) bond motifs is 4. The predicted octanol–water partition coefficient (Wildman–Crippen LogP) is 3.33. The molecule has 2 aliphatic carbocycles. The summed E-state index contributed by atoms with van der Waals surface area (Å²) in [4.78, 5) is 37.1. The standard InChI is InChI=1S/C29H30N4O3/c1-18-8-9-23-21(16-18)31-27-24(36-23)17-22(30-10-5-11-33-14-12-32(2)13-15-33)25-26(27)29(35)20-7-4-3-6-19(20)28(25)34/h3-4,6-9,16-17,24,30H,5,10-15H2,1-2H3. The lowest BCUT2D eigenvalue weighted by Gasteiger charge is -2.34. The van der Waals surface area contributed by atoms with Gasteiger partial charge < -0.3 is 19.9 Å². The molecule has 0 spiro atoms. The van der Waals surface area contributed by atoms with Gasteiger partial charge in [-0.15, -0.1) is 0 Å². The van der Waals surface area contributed by atoms with Gasteiger partial charge in [0, 0.05) is 49.5 Å². The SMILES string of the molecule is Cc1ccc2c(c1)N=C1C3=C(C(=O)c4ccccc4C3=O)C(NCCCN3CCN(C)CC3)=CC1O2. The molecule has 6 rings (SSSR count). The van der Waals surface area contributed by atoms with E-state index >= 15 is 0 Å². The number of nitrogens with zero attached hydrogens (tertiary/aromatic N) is 3. The first-order valence-electron chi connectivity index (χ1n) is 12.7. The van der Waals surface area contributed by atoms with Gasteiger partial charge in [-0.1, -0.05) is 30.3 Å². The summed E-state index contributed by atoms with van der Waals surface area (Å²) in [5, 5.41) is 3.48. The molecular weight excluding hydrogens is 452 g/mol. The number of Topliss-reactive ketones (excluding diaryl/α,β-unsaturated/α-hetero) is 2. The first kappa shape index (κ1) is 22.9. The number of carbonyl (C=O) groups excluding carboxylic acids is 2. The maximum Gasteiger partial charge on any atom is 0.196 e. The zero-order valence-corrected chi connectivity index (χ0v) is 20.7. The monoisotopic (exact) mass is 482 g/mol. The number of nitrogens with one attached hydrogen (secondary N) is 1. The number of piperazine rings is 1. The highest BCUT2D eigenvalue weighted by Gasteiger charge is 2.42. The topological polar surface area (TPSA) is 74.2 Å². The Morgan fingerprint density at radius 2 is 1.72 bits per heavy atom. The van der Waals surface area contributed by atoms with Gasteiger partial charge in [0.2, 0.25) is 0 Å². The summed E-state index contributed by atoms with van der Waals surface area (Å²) in [6.07, 6.45) is 2.33. The minimum atomic E-state index is -0.527. The molecule has 0 radical (unpaired) electrons. The molecule has 4 aliphatic rings. The van der Waals surface area contributed by atoms with Crippen LogP contribution in [0.1, 0.15) is 32.7 Å². The summed E-state index contributed by atoms with van der Waals surface area (Å²) in [6.45, 7) is 8.02. The summed E-state index contributed by atoms with van der Waals surface area (Å²) in [6, 6.07) is 12.9. The molecule has 1 saturated heterocycles. The van der Waals surface area contributed by atoms with E-state index in [1.807, 2.05) is 31.2 Å². The first-order valence-corrected chi connectivity index (χ1v) is 12.7. The molecule has 1 unspecified atom stereocenters. The van der Waals surface area contributed by atoms with Gasteiger partial charge in [-0.2, -0.15) is 0 Å². The van der Waals surface area contributed by atoms with Crippen LogP contribution in [0.5, 0.6) is 5.75 Å². The molecule has 0 bridgehead atoms. The van der Waals surface area contributed by atoms with Crippen molar-refractivity contribution in [2.24, 2.45) is 4.99 Å². The Bertz CT molecular complexity index is 1350. The fourth-order valence-electron chi connectivity index (χ4n) is 5.37. The van der Waals surface area contributed by atoms with E-state index in [0.29, 0.717) is 51.7 Å². The predicted molar refractivity (Wildman–Crippen MR) is 139 cm³/mol. The van der Waals surface area contributed by atoms with Crippen molar-refractivity contribution >= 4 is 23.0 Å². The van der Waals surface area contributed by atoms with Crippen molar-refractivity contribution in [3.8, 4) is 5.75 Å². The quantitative estimate of drug-likeness (QED) is 0.659. The molecule has 184 valence electrons. The molecule has 36 heavy (non-hydrogen) atoms. The van der Waals surface area contributed by atoms with Crippen molar-refractivity contribution in [1.82, 2.24) is 15.1 Å².